The lowest BCUT2D eigenvalue weighted by Crippen LogP contribution is -2.43. The second-order valence-corrected chi connectivity index (χ2v) is 4.96. The van der Waals surface area contributed by atoms with E-state index < -0.39 is 0 Å². The van der Waals surface area contributed by atoms with Crippen LogP contribution in [0.25, 0.3) is 11.4 Å². The molecule has 0 spiro atoms. The Hall–Kier alpha value is -1.72. The van der Waals surface area contributed by atoms with Crippen LogP contribution >= 0.6 is 0 Å². The number of benzene rings is 1. The average molecular weight is 258 g/mol. The fraction of sp³-hybridized carbons (Fsp3) is 0.429. The molecule has 1 aromatic carbocycles. The van der Waals surface area contributed by atoms with E-state index in [2.05, 4.69) is 27.0 Å². The molecule has 5 heteroatoms. The third-order valence-corrected chi connectivity index (χ3v) is 3.45. The van der Waals surface area contributed by atoms with Gasteiger partial charge in [-0.2, -0.15) is 4.98 Å². The maximum Gasteiger partial charge on any atom is 0.241 e. The molecule has 0 aliphatic carbocycles. The molecule has 0 bridgehead atoms. The quantitative estimate of drug-likeness (QED) is 0.834. The van der Waals surface area contributed by atoms with Gasteiger partial charge in [-0.05, 0) is 7.05 Å². The Morgan fingerprint density at radius 3 is 2.58 bits per heavy atom. The number of nitrogens with zero attached hydrogens (tertiary/aromatic N) is 4. The molecule has 2 aromatic rings. The Labute approximate surface area is 112 Å². The van der Waals surface area contributed by atoms with Crippen LogP contribution in [0.2, 0.25) is 0 Å². The highest BCUT2D eigenvalue weighted by molar-refractivity contribution is 5.53. The molecule has 1 aliphatic heterocycles. The molecule has 1 aromatic heterocycles. The summed E-state index contributed by atoms with van der Waals surface area (Å²) >= 11 is 0. The Balaban J connectivity index is 1.65. The molecule has 0 unspecified atom stereocenters. The normalized spacial score (nSPS) is 17.7. The van der Waals surface area contributed by atoms with E-state index >= 15 is 0 Å². The van der Waals surface area contributed by atoms with Gasteiger partial charge in [-0.25, -0.2) is 0 Å². The first kappa shape index (κ1) is 12.3. The highest BCUT2D eigenvalue weighted by Crippen LogP contribution is 2.15. The zero-order valence-corrected chi connectivity index (χ0v) is 11.1. The first-order valence-electron chi connectivity index (χ1n) is 6.60. The van der Waals surface area contributed by atoms with Crippen LogP contribution in [0.5, 0.6) is 0 Å². The smallest absolute Gasteiger partial charge is 0.241 e. The molecule has 0 saturated carbocycles. The molecular formula is C14H18N4O. The number of hydrogen-bond acceptors (Lipinski definition) is 5. The summed E-state index contributed by atoms with van der Waals surface area (Å²) in [6, 6.07) is 9.92. The van der Waals surface area contributed by atoms with Gasteiger partial charge in [0, 0.05) is 31.7 Å². The van der Waals surface area contributed by atoms with Crippen LogP contribution in [0.1, 0.15) is 5.89 Å². The van der Waals surface area contributed by atoms with Crippen molar-refractivity contribution >= 4 is 0 Å². The Kier molecular flexibility index (Phi) is 3.57. The highest BCUT2D eigenvalue weighted by atomic mass is 16.5. The van der Waals surface area contributed by atoms with Gasteiger partial charge in [0.25, 0.3) is 0 Å². The van der Waals surface area contributed by atoms with E-state index in [1.807, 2.05) is 30.3 Å². The lowest BCUT2D eigenvalue weighted by atomic mass is 10.2. The van der Waals surface area contributed by atoms with Gasteiger partial charge in [0.2, 0.25) is 11.7 Å². The van der Waals surface area contributed by atoms with Crippen LogP contribution in [0.3, 0.4) is 0 Å². The van der Waals surface area contributed by atoms with Crippen molar-refractivity contribution < 1.29 is 4.52 Å². The molecule has 0 atom stereocenters. The molecule has 1 aliphatic rings. The second kappa shape index (κ2) is 5.50. The maximum absolute atomic E-state index is 5.33. The summed E-state index contributed by atoms with van der Waals surface area (Å²) in [4.78, 5) is 9.14. The molecule has 19 heavy (non-hydrogen) atoms. The number of piperazine rings is 1. The van der Waals surface area contributed by atoms with E-state index in [4.69, 9.17) is 4.52 Å². The number of rotatable bonds is 3. The van der Waals surface area contributed by atoms with E-state index in [1.54, 1.807) is 0 Å². The summed E-state index contributed by atoms with van der Waals surface area (Å²) in [5.74, 6) is 1.37. The first-order valence-corrected chi connectivity index (χ1v) is 6.60. The van der Waals surface area contributed by atoms with E-state index in [1.165, 1.54) is 0 Å². The summed E-state index contributed by atoms with van der Waals surface area (Å²) in [6.45, 7) is 5.05. The predicted molar refractivity (Wildman–Crippen MR) is 72.5 cm³/mol. The van der Waals surface area contributed by atoms with Gasteiger partial charge in [-0.3, -0.25) is 4.90 Å². The molecule has 100 valence electrons. The van der Waals surface area contributed by atoms with Gasteiger partial charge in [0.15, 0.2) is 0 Å². The van der Waals surface area contributed by atoms with Crippen molar-refractivity contribution in [3.8, 4) is 11.4 Å². The number of aromatic nitrogens is 2. The van der Waals surface area contributed by atoms with Crippen molar-refractivity contribution in [2.45, 2.75) is 6.54 Å². The molecule has 1 saturated heterocycles. The van der Waals surface area contributed by atoms with Crippen LogP contribution < -0.4 is 0 Å². The van der Waals surface area contributed by atoms with Gasteiger partial charge in [-0.15, -0.1) is 0 Å². The van der Waals surface area contributed by atoms with Crippen molar-refractivity contribution in [2.24, 2.45) is 0 Å². The van der Waals surface area contributed by atoms with Crippen LogP contribution in [-0.4, -0.2) is 53.2 Å². The summed E-state index contributed by atoms with van der Waals surface area (Å²) in [5.41, 5.74) is 0.996. The van der Waals surface area contributed by atoms with Crippen molar-refractivity contribution in [1.29, 1.82) is 0 Å². The summed E-state index contributed by atoms with van der Waals surface area (Å²) in [7, 11) is 2.15. The van der Waals surface area contributed by atoms with Crippen LogP contribution in [0.4, 0.5) is 0 Å². The summed E-state index contributed by atoms with van der Waals surface area (Å²) in [6.07, 6.45) is 0. The topological polar surface area (TPSA) is 45.4 Å². The summed E-state index contributed by atoms with van der Waals surface area (Å²) in [5, 5.41) is 4.04. The monoisotopic (exact) mass is 258 g/mol. The molecule has 0 amide bonds. The third kappa shape index (κ3) is 3.00. The van der Waals surface area contributed by atoms with E-state index in [0.717, 1.165) is 38.3 Å². The van der Waals surface area contributed by atoms with Crippen molar-refractivity contribution in [1.82, 2.24) is 19.9 Å². The van der Waals surface area contributed by atoms with Crippen molar-refractivity contribution in [2.75, 3.05) is 33.2 Å². The number of hydrogen-bond donors (Lipinski definition) is 0. The fourth-order valence-corrected chi connectivity index (χ4v) is 2.22. The van der Waals surface area contributed by atoms with Gasteiger partial charge in [0.1, 0.15) is 0 Å². The zero-order valence-electron chi connectivity index (χ0n) is 11.1. The van der Waals surface area contributed by atoms with Gasteiger partial charge in [-0.1, -0.05) is 35.5 Å². The molecule has 1 fully saturated rings. The van der Waals surface area contributed by atoms with Gasteiger partial charge >= 0.3 is 0 Å². The first-order chi connectivity index (χ1) is 9.31. The largest absolute Gasteiger partial charge is 0.338 e. The molecule has 5 nitrogen and oxygen atoms in total. The fourth-order valence-electron chi connectivity index (χ4n) is 2.22. The van der Waals surface area contributed by atoms with E-state index in [-0.39, 0.29) is 0 Å². The Morgan fingerprint density at radius 1 is 1.11 bits per heavy atom. The lowest BCUT2D eigenvalue weighted by Gasteiger charge is -2.31. The molecule has 0 N–H and O–H groups in total. The van der Waals surface area contributed by atoms with Crippen LogP contribution in [0, 0.1) is 0 Å². The second-order valence-electron chi connectivity index (χ2n) is 4.96. The minimum absolute atomic E-state index is 0.671. The average Bonchev–Trinajstić information content (AvgIpc) is 2.91. The van der Waals surface area contributed by atoms with E-state index in [9.17, 15) is 0 Å². The molecule has 0 radical (unpaired) electrons. The standard InChI is InChI=1S/C14H18N4O/c1-17-7-9-18(10-8-17)11-13-15-14(16-19-13)12-5-3-2-4-6-12/h2-6H,7-11H2,1H3. The minimum atomic E-state index is 0.671. The third-order valence-electron chi connectivity index (χ3n) is 3.45. The molecule has 2 heterocycles. The van der Waals surface area contributed by atoms with Crippen LogP contribution in [-0.2, 0) is 6.54 Å². The summed E-state index contributed by atoms with van der Waals surface area (Å²) < 4.78 is 5.33. The van der Waals surface area contributed by atoms with Crippen molar-refractivity contribution in [3.05, 3.63) is 36.2 Å². The highest BCUT2D eigenvalue weighted by Gasteiger charge is 2.17. The minimum Gasteiger partial charge on any atom is -0.338 e. The van der Waals surface area contributed by atoms with E-state index in [0.29, 0.717) is 11.7 Å². The molecular weight excluding hydrogens is 240 g/mol. The lowest BCUT2D eigenvalue weighted by molar-refractivity contribution is 0.135. The molecule has 3 rings (SSSR count). The van der Waals surface area contributed by atoms with Crippen LogP contribution in [0.15, 0.2) is 34.9 Å². The zero-order chi connectivity index (χ0) is 13.1. The van der Waals surface area contributed by atoms with Crippen molar-refractivity contribution in [3.63, 3.8) is 0 Å². The van der Waals surface area contributed by atoms with Gasteiger partial charge in [0.05, 0.1) is 6.54 Å². The maximum atomic E-state index is 5.33. The number of likely N-dealkylation sites (N-methyl/N-ethyl adjacent to an activating group) is 1. The predicted octanol–water partition coefficient (Wildman–Crippen LogP) is 1.48. The Bertz CT molecular complexity index is 517. The Morgan fingerprint density at radius 2 is 1.84 bits per heavy atom. The van der Waals surface area contributed by atoms with Gasteiger partial charge < -0.3 is 9.42 Å². The SMILES string of the molecule is CN1CCN(Cc2nc(-c3ccccc3)no2)CC1.